The Morgan fingerprint density at radius 3 is 2.38 bits per heavy atom. The molecule has 0 saturated heterocycles. The van der Waals surface area contributed by atoms with Gasteiger partial charge in [-0.3, -0.25) is 4.79 Å². The van der Waals surface area contributed by atoms with Gasteiger partial charge in [0.2, 0.25) is 0 Å². The quantitative estimate of drug-likeness (QED) is 0.707. The van der Waals surface area contributed by atoms with Crippen molar-refractivity contribution in [2.75, 3.05) is 6.61 Å². The molecule has 1 aromatic rings. The number of rotatable bonds is 5. The summed E-state index contributed by atoms with van der Waals surface area (Å²) in [6.45, 7) is 6.31. The second kappa shape index (κ2) is 6.11. The Balaban J connectivity index is 2.74. The van der Waals surface area contributed by atoms with Crippen molar-refractivity contribution in [2.24, 2.45) is 0 Å². The molecule has 2 heteroatoms. The smallest absolute Gasteiger partial charge is 0.152 e. The van der Waals surface area contributed by atoms with Gasteiger partial charge in [0.05, 0.1) is 6.61 Å². The van der Waals surface area contributed by atoms with E-state index in [1.165, 1.54) is 0 Å². The monoisotopic (exact) mass is 218 g/mol. The van der Waals surface area contributed by atoms with Gasteiger partial charge in [0.15, 0.2) is 5.78 Å². The number of carbonyl (C=O) groups excluding carboxylic acids is 1. The van der Waals surface area contributed by atoms with Gasteiger partial charge < -0.3 is 4.74 Å². The van der Waals surface area contributed by atoms with Crippen LogP contribution in [-0.2, 0) is 4.79 Å². The van der Waals surface area contributed by atoms with Crippen molar-refractivity contribution in [2.45, 2.75) is 27.2 Å². The molecule has 0 aromatic heterocycles. The predicted molar refractivity (Wildman–Crippen MR) is 66.6 cm³/mol. The third-order valence-electron chi connectivity index (χ3n) is 2.20. The maximum absolute atomic E-state index is 10.9. The first-order valence-corrected chi connectivity index (χ1v) is 5.55. The van der Waals surface area contributed by atoms with Gasteiger partial charge in [-0.2, -0.15) is 0 Å². The molecule has 16 heavy (non-hydrogen) atoms. The highest BCUT2D eigenvalue weighted by Crippen LogP contribution is 2.18. The summed E-state index contributed by atoms with van der Waals surface area (Å²) in [4.78, 5) is 10.9. The highest BCUT2D eigenvalue weighted by Gasteiger charge is 1.98. The molecule has 0 fully saturated rings. The highest BCUT2D eigenvalue weighted by atomic mass is 16.5. The second-order valence-corrected chi connectivity index (χ2v) is 3.81. The van der Waals surface area contributed by atoms with Crippen LogP contribution in [0.3, 0.4) is 0 Å². The van der Waals surface area contributed by atoms with Gasteiger partial charge in [0.1, 0.15) is 5.75 Å². The normalized spacial score (nSPS) is 11.3. The van der Waals surface area contributed by atoms with E-state index in [1.54, 1.807) is 13.0 Å². The first kappa shape index (κ1) is 12.5. The van der Waals surface area contributed by atoms with Gasteiger partial charge in [-0.1, -0.05) is 19.1 Å². The molecule has 0 saturated carbocycles. The van der Waals surface area contributed by atoms with Gasteiger partial charge in [0, 0.05) is 0 Å². The Morgan fingerprint density at radius 2 is 1.88 bits per heavy atom. The third-order valence-corrected chi connectivity index (χ3v) is 2.20. The largest absolute Gasteiger partial charge is 0.494 e. The molecule has 0 unspecified atom stereocenters. The van der Waals surface area contributed by atoms with E-state index in [0.29, 0.717) is 0 Å². The minimum Gasteiger partial charge on any atom is -0.494 e. The SMILES string of the molecule is CCCOc1ccc(/C(C)=C/C(C)=O)cc1. The minimum atomic E-state index is 0.0730. The summed E-state index contributed by atoms with van der Waals surface area (Å²) in [5.74, 6) is 0.949. The predicted octanol–water partition coefficient (Wildman–Crippen LogP) is 3.47. The number of ether oxygens (including phenoxy) is 1. The van der Waals surface area contributed by atoms with Gasteiger partial charge >= 0.3 is 0 Å². The van der Waals surface area contributed by atoms with Gasteiger partial charge in [-0.05, 0) is 49.6 Å². The van der Waals surface area contributed by atoms with Crippen molar-refractivity contribution >= 4 is 11.4 Å². The van der Waals surface area contributed by atoms with Crippen LogP contribution in [0.5, 0.6) is 5.75 Å². The molecule has 0 spiro atoms. The standard InChI is InChI=1S/C14H18O2/c1-4-9-16-14-7-5-13(6-8-14)11(2)10-12(3)15/h5-8,10H,4,9H2,1-3H3/b11-10+. The molecule has 86 valence electrons. The van der Waals surface area contributed by atoms with Crippen LogP contribution in [0.1, 0.15) is 32.8 Å². The zero-order valence-corrected chi connectivity index (χ0v) is 10.1. The summed E-state index contributed by atoms with van der Waals surface area (Å²) in [5, 5.41) is 0. The number of ketones is 1. The van der Waals surface area contributed by atoms with E-state index in [9.17, 15) is 4.79 Å². The highest BCUT2D eigenvalue weighted by molar-refractivity contribution is 5.94. The number of hydrogen-bond donors (Lipinski definition) is 0. The average molecular weight is 218 g/mol. The summed E-state index contributed by atoms with van der Waals surface area (Å²) in [6.07, 6.45) is 2.65. The Kier molecular flexibility index (Phi) is 4.77. The van der Waals surface area contributed by atoms with Crippen molar-refractivity contribution in [1.29, 1.82) is 0 Å². The van der Waals surface area contributed by atoms with E-state index in [0.717, 1.165) is 29.9 Å². The topological polar surface area (TPSA) is 26.3 Å². The van der Waals surface area contributed by atoms with Crippen molar-refractivity contribution in [1.82, 2.24) is 0 Å². The van der Waals surface area contributed by atoms with Crippen molar-refractivity contribution in [3.8, 4) is 5.75 Å². The van der Waals surface area contributed by atoms with Crippen LogP contribution < -0.4 is 4.74 Å². The van der Waals surface area contributed by atoms with Crippen LogP contribution in [0, 0.1) is 0 Å². The zero-order chi connectivity index (χ0) is 12.0. The Bertz CT molecular complexity index is 374. The molecule has 0 radical (unpaired) electrons. The van der Waals surface area contributed by atoms with Crippen molar-refractivity contribution < 1.29 is 9.53 Å². The average Bonchev–Trinajstić information content (AvgIpc) is 2.26. The second-order valence-electron chi connectivity index (χ2n) is 3.81. The van der Waals surface area contributed by atoms with Gasteiger partial charge in [-0.15, -0.1) is 0 Å². The van der Waals surface area contributed by atoms with Crippen molar-refractivity contribution in [3.63, 3.8) is 0 Å². The molecule has 0 aliphatic carbocycles. The molecule has 1 aromatic carbocycles. The molecule has 2 nitrogen and oxygen atoms in total. The van der Waals surface area contributed by atoms with E-state index in [2.05, 4.69) is 6.92 Å². The molecule has 0 atom stereocenters. The van der Waals surface area contributed by atoms with Crippen LogP contribution in [0.2, 0.25) is 0 Å². The lowest BCUT2D eigenvalue weighted by Gasteiger charge is -2.06. The summed E-state index contributed by atoms with van der Waals surface area (Å²) in [6, 6.07) is 7.81. The summed E-state index contributed by atoms with van der Waals surface area (Å²) >= 11 is 0. The first-order chi connectivity index (χ1) is 7.63. The van der Waals surface area contributed by atoms with E-state index in [-0.39, 0.29) is 5.78 Å². The number of benzene rings is 1. The Hall–Kier alpha value is -1.57. The number of carbonyl (C=O) groups is 1. The Labute approximate surface area is 96.9 Å². The number of hydrogen-bond acceptors (Lipinski definition) is 2. The van der Waals surface area contributed by atoms with Crippen LogP contribution in [0.15, 0.2) is 30.3 Å². The van der Waals surface area contributed by atoms with E-state index < -0.39 is 0 Å². The fraction of sp³-hybridized carbons (Fsp3) is 0.357. The molecule has 0 aliphatic heterocycles. The lowest BCUT2D eigenvalue weighted by molar-refractivity contribution is -0.112. The lowest BCUT2D eigenvalue weighted by Crippen LogP contribution is -1.94. The molecular formula is C14H18O2. The van der Waals surface area contributed by atoms with Crippen LogP contribution in [0.25, 0.3) is 5.57 Å². The van der Waals surface area contributed by atoms with Crippen molar-refractivity contribution in [3.05, 3.63) is 35.9 Å². The lowest BCUT2D eigenvalue weighted by atomic mass is 10.1. The maximum Gasteiger partial charge on any atom is 0.152 e. The van der Waals surface area contributed by atoms with Crippen LogP contribution >= 0.6 is 0 Å². The van der Waals surface area contributed by atoms with E-state index >= 15 is 0 Å². The van der Waals surface area contributed by atoms with Crippen LogP contribution in [0.4, 0.5) is 0 Å². The summed E-state index contributed by atoms with van der Waals surface area (Å²) in [5.41, 5.74) is 2.04. The summed E-state index contributed by atoms with van der Waals surface area (Å²) < 4.78 is 5.48. The number of allylic oxidation sites excluding steroid dienone is 2. The fourth-order valence-electron chi connectivity index (χ4n) is 1.42. The fourth-order valence-corrected chi connectivity index (χ4v) is 1.42. The molecule has 1 rings (SSSR count). The van der Waals surface area contributed by atoms with Gasteiger partial charge in [0.25, 0.3) is 0 Å². The zero-order valence-electron chi connectivity index (χ0n) is 10.1. The van der Waals surface area contributed by atoms with Crippen LogP contribution in [-0.4, -0.2) is 12.4 Å². The van der Waals surface area contributed by atoms with E-state index in [4.69, 9.17) is 4.74 Å². The maximum atomic E-state index is 10.9. The Morgan fingerprint density at radius 1 is 1.25 bits per heavy atom. The summed E-state index contributed by atoms with van der Waals surface area (Å²) in [7, 11) is 0. The molecule has 0 aliphatic rings. The first-order valence-electron chi connectivity index (χ1n) is 5.55. The minimum absolute atomic E-state index is 0.0730. The molecule has 0 bridgehead atoms. The molecule has 0 N–H and O–H groups in total. The molecular weight excluding hydrogens is 200 g/mol. The third kappa shape index (κ3) is 3.89. The van der Waals surface area contributed by atoms with Gasteiger partial charge in [-0.25, -0.2) is 0 Å². The van der Waals surface area contributed by atoms with E-state index in [1.807, 2.05) is 31.2 Å². The molecule has 0 heterocycles. The molecule has 0 amide bonds.